The average Bonchev–Trinajstić information content (AvgIpc) is 2.77. The minimum Gasteiger partial charge on any atom is -0.478 e. The molecule has 7 nitrogen and oxygen atoms in total. The van der Waals surface area contributed by atoms with E-state index in [1.807, 2.05) is 27.7 Å². The highest BCUT2D eigenvalue weighted by atomic mass is 19.4. The Labute approximate surface area is 172 Å². The molecule has 0 saturated carbocycles. The maximum absolute atomic E-state index is 12.6. The van der Waals surface area contributed by atoms with Crippen molar-refractivity contribution >= 4 is 25.1 Å². The third-order valence-corrected chi connectivity index (χ3v) is 4.86. The summed E-state index contributed by atoms with van der Waals surface area (Å²) in [5.74, 6) is -2.43. The molecule has 1 heterocycles. The summed E-state index contributed by atoms with van der Waals surface area (Å²) in [6, 6.07) is 3.00. The van der Waals surface area contributed by atoms with Gasteiger partial charge in [0.25, 0.3) is 0 Å². The van der Waals surface area contributed by atoms with Gasteiger partial charge in [-0.25, -0.2) is 4.79 Å². The SMILES string of the molecule is CC(=O)NCC(=Cc1cc(OC(F)(F)F)cc(C(=O)O)c1)B1OC(C)(C)C(C)(C)O1. The fraction of sp³-hybridized carbons (Fsp3) is 0.474. The van der Waals surface area contributed by atoms with Crippen LogP contribution in [0.4, 0.5) is 13.2 Å². The van der Waals surface area contributed by atoms with E-state index in [4.69, 9.17) is 9.31 Å². The molecule has 0 atom stereocenters. The highest BCUT2D eigenvalue weighted by molar-refractivity contribution is 6.56. The topological polar surface area (TPSA) is 94.1 Å². The predicted octanol–water partition coefficient (Wildman–Crippen LogP) is 3.43. The van der Waals surface area contributed by atoms with Gasteiger partial charge in [0.1, 0.15) is 5.75 Å². The van der Waals surface area contributed by atoms with E-state index < -0.39 is 42.0 Å². The van der Waals surface area contributed by atoms with E-state index in [0.717, 1.165) is 12.1 Å². The van der Waals surface area contributed by atoms with Crippen LogP contribution >= 0.6 is 0 Å². The molecule has 1 aromatic rings. The molecule has 0 aromatic heterocycles. The van der Waals surface area contributed by atoms with E-state index >= 15 is 0 Å². The highest BCUT2D eigenvalue weighted by Crippen LogP contribution is 2.39. The Bertz CT molecular complexity index is 850. The molecule has 2 rings (SSSR count). The second-order valence-electron chi connectivity index (χ2n) is 7.86. The third kappa shape index (κ3) is 5.99. The molecule has 2 N–H and O–H groups in total. The molecule has 11 heteroatoms. The normalized spacial score (nSPS) is 18.3. The second-order valence-corrected chi connectivity index (χ2v) is 7.86. The lowest BCUT2D eigenvalue weighted by Gasteiger charge is -2.32. The summed E-state index contributed by atoms with van der Waals surface area (Å²) in [4.78, 5) is 22.7. The van der Waals surface area contributed by atoms with Crippen LogP contribution in [0, 0.1) is 0 Å². The summed E-state index contributed by atoms with van der Waals surface area (Å²) < 4.78 is 53.6. The summed E-state index contributed by atoms with van der Waals surface area (Å²) in [5, 5.41) is 11.8. The van der Waals surface area contributed by atoms with Crippen molar-refractivity contribution in [3.63, 3.8) is 0 Å². The number of hydrogen-bond acceptors (Lipinski definition) is 5. The first-order chi connectivity index (χ1) is 13.6. The number of hydrogen-bond donors (Lipinski definition) is 2. The number of benzene rings is 1. The Morgan fingerprint density at radius 1 is 1.17 bits per heavy atom. The summed E-state index contributed by atoms with van der Waals surface area (Å²) in [6.07, 6.45) is -3.57. The van der Waals surface area contributed by atoms with Crippen LogP contribution in [0.1, 0.15) is 50.5 Å². The van der Waals surface area contributed by atoms with Crippen LogP contribution in [-0.4, -0.2) is 48.2 Å². The molecule has 0 spiro atoms. The van der Waals surface area contributed by atoms with Crippen LogP contribution in [0.25, 0.3) is 6.08 Å². The standard InChI is InChI=1S/C19H23BF3NO6/c1-11(25)24-10-14(20-29-17(2,3)18(4,5)30-20)7-12-6-13(16(26)27)9-15(8-12)28-19(21,22)23/h6-9H,10H2,1-5H3,(H,24,25)(H,26,27). The van der Waals surface area contributed by atoms with Crippen LogP contribution < -0.4 is 10.1 Å². The number of rotatable bonds is 6. The first-order valence-electron chi connectivity index (χ1n) is 9.04. The fourth-order valence-corrected chi connectivity index (χ4v) is 2.66. The smallest absolute Gasteiger partial charge is 0.478 e. The van der Waals surface area contributed by atoms with Gasteiger partial charge < -0.3 is 24.5 Å². The summed E-state index contributed by atoms with van der Waals surface area (Å²) in [6.45, 7) is 8.58. The lowest BCUT2D eigenvalue weighted by Crippen LogP contribution is -2.41. The summed E-state index contributed by atoms with van der Waals surface area (Å²) in [5.41, 5.74) is -1.27. The first-order valence-corrected chi connectivity index (χ1v) is 9.04. The Morgan fingerprint density at radius 3 is 2.20 bits per heavy atom. The quantitative estimate of drug-likeness (QED) is 0.674. The number of carboxylic acid groups (broad SMARTS) is 1. The van der Waals surface area contributed by atoms with E-state index in [0.29, 0.717) is 5.47 Å². The Morgan fingerprint density at radius 2 is 1.73 bits per heavy atom. The van der Waals surface area contributed by atoms with Crippen molar-refractivity contribution in [1.82, 2.24) is 5.32 Å². The van der Waals surface area contributed by atoms with Gasteiger partial charge in [-0.15, -0.1) is 13.2 Å². The Hall–Kier alpha value is -2.53. The van der Waals surface area contributed by atoms with Gasteiger partial charge in [0.15, 0.2) is 0 Å². The summed E-state index contributed by atoms with van der Waals surface area (Å²) >= 11 is 0. The minimum atomic E-state index is -4.98. The van der Waals surface area contributed by atoms with Gasteiger partial charge in [0.2, 0.25) is 5.91 Å². The molecule has 1 amide bonds. The van der Waals surface area contributed by atoms with Crippen molar-refractivity contribution in [3.05, 3.63) is 34.8 Å². The second kappa shape index (κ2) is 8.31. The Balaban J connectivity index is 2.49. The number of aromatic carboxylic acids is 1. The monoisotopic (exact) mass is 429 g/mol. The average molecular weight is 429 g/mol. The zero-order valence-electron chi connectivity index (χ0n) is 17.2. The van der Waals surface area contributed by atoms with E-state index in [1.54, 1.807) is 0 Å². The molecule has 0 radical (unpaired) electrons. The number of alkyl halides is 3. The number of amides is 1. The van der Waals surface area contributed by atoms with Gasteiger partial charge in [0, 0.05) is 13.5 Å². The largest absolute Gasteiger partial charge is 0.573 e. The maximum atomic E-state index is 12.6. The zero-order valence-corrected chi connectivity index (χ0v) is 17.2. The number of halogens is 3. The van der Waals surface area contributed by atoms with Gasteiger partial charge >= 0.3 is 19.5 Å². The number of carbonyl (C=O) groups is 2. The van der Waals surface area contributed by atoms with E-state index in [-0.39, 0.29) is 18.0 Å². The van der Waals surface area contributed by atoms with Gasteiger partial charge in [-0.05, 0) is 56.9 Å². The number of carboxylic acids is 1. The van der Waals surface area contributed by atoms with E-state index in [9.17, 15) is 27.9 Å². The van der Waals surface area contributed by atoms with Crippen LogP contribution in [0.3, 0.4) is 0 Å². The lowest BCUT2D eigenvalue weighted by atomic mass is 9.77. The fourth-order valence-electron chi connectivity index (χ4n) is 2.66. The van der Waals surface area contributed by atoms with Crippen LogP contribution in [0.5, 0.6) is 5.75 Å². The first kappa shape index (κ1) is 23.8. The van der Waals surface area contributed by atoms with Crippen molar-refractivity contribution < 1.29 is 41.9 Å². The zero-order chi connectivity index (χ0) is 22.9. The van der Waals surface area contributed by atoms with E-state index in [1.165, 1.54) is 19.1 Å². The maximum Gasteiger partial charge on any atom is 0.573 e. The van der Waals surface area contributed by atoms with Gasteiger partial charge in [0.05, 0.1) is 16.8 Å². The molecular weight excluding hydrogens is 406 g/mol. The molecule has 0 aliphatic carbocycles. The third-order valence-electron chi connectivity index (χ3n) is 4.86. The molecule has 1 aromatic carbocycles. The number of nitrogens with one attached hydrogen (secondary N) is 1. The van der Waals surface area contributed by atoms with E-state index in [2.05, 4.69) is 10.1 Å². The number of carbonyl (C=O) groups excluding carboxylic acids is 1. The molecule has 1 fully saturated rings. The molecule has 30 heavy (non-hydrogen) atoms. The van der Waals surface area contributed by atoms with Crippen LogP contribution in [0.2, 0.25) is 0 Å². The Kier molecular flexibility index (Phi) is 6.58. The van der Waals surface area contributed by atoms with Crippen molar-refractivity contribution in [2.24, 2.45) is 0 Å². The molecule has 1 aliphatic rings. The molecule has 1 saturated heterocycles. The summed E-state index contributed by atoms with van der Waals surface area (Å²) in [7, 11) is -0.901. The highest BCUT2D eigenvalue weighted by Gasteiger charge is 2.52. The van der Waals surface area contributed by atoms with Gasteiger partial charge in [-0.1, -0.05) is 6.08 Å². The van der Waals surface area contributed by atoms with Gasteiger partial charge in [-0.3, -0.25) is 4.79 Å². The molecule has 164 valence electrons. The van der Waals surface area contributed by atoms with Crippen molar-refractivity contribution in [1.29, 1.82) is 0 Å². The van der Waals surface area contributed by atoms with Gasteiger partial charge in [-0.2, -0.15) is 0 Å². The lowest BCUT2D eigenvalue weighted by molar-refractivity contribution is -0.274. The van der Waals surface area contributed by atoms with Crippen LogP contribution in [0.15, 0.2) is 23.7 Å². The molecule has 1 aliphatic heterocycles. The van der Waals surface area contributed by atoms with Crippen LogP contribution in [-0.2, 0) is 14.1 Å². The molecule has 0 unspecified atom stereocenters. The minimum absolute atomic E-state index is 0.0150. The molecule has 0 bridgehead atoms. The molecular formula is C19H23BF3NO6. The predicted molar refractivity (Wildman–Crippen MR) is 103 cm³/mol. The van der Waals surface area contributed by atoms with Crippen molar-refractivity contribution in [3.8, 4) is 5.75 Å². The van der Waals surface area contributed by atoms with Crippen molar-refractivity contribution in [2.45, 2.75) is 52.2 Å². The van der Waals surface area contributed by atoms with Crippen molar-refractivity contribution in [2.75, 3.05) is 6.54 Å². The number of ether oxygens (including phenoxy) is 1.